The Bertz CT molecular complexity index is 750. The van der Waals surface area contributed by atoms with E-state index in [1.54, 1.807) is 24.0 Å². The highest BCUT2D eigenvalue weighted by atomic mass is 32.2. The fourth-order valence-electron chi connectivity index (χ4n) is 2.46. The molecule has 0 N–H and O–H groups in total. The molecule has 0 radical (unpaired) electrons. The molecule has 1 aliphatic rings. The Labute approximate surface area is 150 Å². The summed E-state index contributed by atoms with van der Waals surface area (Å²) in [5.74, 6) is 0.943. The Kier molecular flexibility index (Phi) is 5.71. The molecule has 25 heavy (non-hydrogen) atoms. The maximum atomic E-state index is 13.0. The Morgan fingerprint density at radius 3 is 2.68 bits per heavy atom. The van der Waals surface area contributed by atoms with Crippen molar-refractivity contribution in [3.8, 4) is 5.75 Å². The normalized spacial score (nSPS) is 15.0. The molecule has 2 aromatic carbocycles. The van der Waals surface area contributed by atoms with E-state index in [0.717, 1.165) is 5.56 Å². The number of aliphatic imine (C=N–C) groups is 1. The molecule has 0 aliphatic carbocycles. The van der Waals surface area contributed by atoms with Crippen LogP contribution in [-0.4, -0.2) is 35.2 Å². The van der Waals surface area contributed by atoms with Crippen molar-refractivity contribution in [2.45, 2.75) is 18.8 Å². The summed E-state index contributed by atoms with van der Waals surface area (Å²) in [6.45, 7) is 2.90. The van der Waals surface area contributed by atoms with Crippen LogP contribution in [0.4, 0.5) is 4.39 Å². The van der Waals surface area contributed by atoms with E-state index in [1.807, 2.05) is 30.3 Å². The van der Waals surface area contributed by atoms with Gasteiger partial charge in [0.1, 0.15) is 11.6 Å². The van der Waals surface area contributed by atoms with Crippen LogP contribution in [0.3, 0.4) is 0 Å². The monoisotopic (exact) mass is 358 g/mol. The number of para-hydroxylation sites is 1. The van der Waals surface area contributed by atoms with Crippen LogP contribution in [0, 0.1) is 5.82 Å². The lowest BCUT2D eigenvalue weighted by molar-refractivity contribution is -0.133. The van der Waals surface area contributed by atoms with Crippen LogP contribution >= 0.6 is 11.8 Å². The molecule has 0 aromatic heterocycles. The van der Waals surface area contributed by atoms with Crippen molar-refractivity contribution < 1.29 is 13.9 Å². The molecule has 0 unspecified atom stereocenters. The van der Waals surface area contributed by atoms with Gasteiger partial charge in [-0.05, 0) is 36.8 Å². The fraction of sp³-hybridized carbons (Fsp3) is 0.263. The van der Waals surface area contributed by atoms with Crippen molar-refractivity contribution in [3.05, 3.63) is 66.0 Å². The predicted molar refractivity (Wildman–Crippen MR) is 98.2 cm³/mol. The van der Waals surface area contributed by atoms with Gasteiger partial charge in [0.15, 0.2) is 11.3 Å². The number of amidine groups is 1. The number of thioether (sulfide) groups is 1. The van der Waals surface area contributed by atoms with Gasteiger partial charge in [0.2, 0.25) is 0 Å². The first-order chi connectivity index (χ1) is 12.1. The van der Waals surface area contributed by atoms with Crippen molar-refractivity contribution in [3.63, 3.8) is 0 Å². The maximum Gasteiger partial charge on any atom is 0.269 e. The summed E-state index contributed by atoms with van der Waals surface area (Å²) in [6, 6.07) is 15.6. The van der Waals surface area contributed by atoms with Gasteiger partial charge in [0.05, 0.1) is 6.54 Å². The first-order valence-electron chi connectivity index (χ1n) is 8.08. The van der Waals surface area contributed by atoms with E-state index in [-0.39, 0.29) is 11.7 Å². The van der Waals surface area contributed by atoms with Crippen LogP contribution in [0.5, 0.6) is 5.75 Å². The van der Waals surface area contributed by atoms with Crippen LogP contribution in [0.15, 0.2) is 59.6 Å². The number of rotatable bonds is 5. The number of benzene rings is 2. The minimum absolute atomic E-state index is 0.105. The van der Waals surface area contributed by atoms with Gasteiger partial charge in [-0.1, -0.05) is 42.1 Å². The van der Waals surface area contributed by atoms with Crippen molar-refractivity contribution in [2.24, 2.45) is 4.99 Å². The van der Waals surface area contributed by atoms with Crippen molar-refractivity contribution >= 4 is 22.8 Å². The molecule has 0 saturated carbocycles. The zero-order chi connectivity index (χ0) is 17.6. The highest BCUT2D eigenvalue weighted by molar-refractivity contribution is 8.13. The summed E-state index contributed by atoms with van der Waals surface area (Å²) in [5, 5.41) is 0.692. The molecule has 1 atom stereocenters. The minimum Gasteiger partial charge on any atom is -0.481 e. The second-order valence-electron chi connectivity index (χ2n) is 5.64. The molecule has 1 heterocycles. The van der Waals surface area contributed by atoms with Crippen LogP contribution in [0.25, 0.3) is 0 Å². The first kappa shape index (κ1) is 17.5. The topological polar surface area (TPSA) is 41.9 Å². The van der Waals surface area contributed by atoms with Crippen LogP contribution < -0.4 is 4.74 Å². The van der Waals surface area contributed by atoms with E-state index in [2.05, 4.69) is 4.99 Å². The molecule has 1 amide bonds. The van der Waals surface area contributed by atoms with Gasteiger partial charge < -0.3 is 4.74 Å². The van der Waals surface area contributed by atoms with Gasteiger partial charge in [0.25, 0.3) is 5.91 Å². The van der Waals surface area contributed by atoms with Gasteiger partial charge in [-0.2, -0.15) is 0 Å². The summed E-state index contributed by atoms with van der Waals surface area (Å²) < 4.78 is 18.7. The first-order valence-corrected chi connectivity index (χ1v) is 9.07. The SMILES string of the molecule is C[C@@H](Oc1ccccc1)C(=O)N1CCN=C1SCc1ccc(F)cc1. The standard InChI is InChI=1S/C19H19FN2O2S/c1-14(24-17-5-3-2-4-6-17)18(23)22-12-11-21-19(22)25-13-15-7-9-16(20)10-8-15/h2-10,14H,11-13H2,1H3/t14-/m1/s1. The van der Waals surface area contributed by atoms with E-state index in [9.17, 15) is 9.18 Å². The molecular formula is C19H19FN2O2S. The van der Waals surface area contributed by atoms with E-state index in [1.165, 1.54) is 23.9 Å². The second-order valence-corrected chi connectivity index (χ2v) is 6.58. The molecule has 2 aromatic rings. The quantitative estimate of drug-likeness (QED) is 0.818. The van der Waals surface area contributed by atoms with Gasteiger partial charge in [-0.25, -0.2) is 4.39 Å². The zero-order valence-electron chi connectivity index (χ0n) is 13.9. The molecule has 130 valence electrons. The third kappa shape index (κ3) is 4.60. The summed E-state index contributed by atoms with van der Waals surface area (Å²) in [5.41, 5.74) is 0.988. The smallest absolute Gasteiger partial charge is 0.269 e. The number of carbonyl (C=O) groups excluding carboxylic acids is 1. The highest BCUT2D eigenvalue weighted by Crippen LogP contribution is 2.21. The van der Waals surface area contributed by atoms with Crippen LogP contribution in [0.2, 0.25) is 0 Å². The lowest BCUT2D eigenvalue weighted by atomic mass is 10.2. The Balaban J connectivity index is 1.58. The van der Waals surface area contributed by atoms with Crippen molar-refractivity contribution in [2.75, 3.05) is 13.1 Å². The number of hydrogen-bond donors (Lipinski definition) is 0. The molecular weight excluding hydrogens is 339 g/mol. The maximum absolute atomic E-state index is 13.0. The zero-order valence-corrected chi connectivity index (χ0v) is 14.7. The molecule has 0 fully saturated rings. The molecule has 0 spiro atoms. The number of hydrogen-bond acceptors (Lipinski definition) is 4. The lowest BCUT2D eigenvalue weighted by Crippen LogP contribution is -2.41. The molecule has 0 bridgehead atoms. The Hall–Kier alpha value is -2.34. The van der Waals surface area contributed by atoms with Crippen molar-refractivity contribution in [1.29, 1.82) is 0 Å². The molecule has 6 heteroatoms. The number of carbonyl (C=O) groups is 1. The van der Waals surface area contributed by atoms with Gasteiger partial charge in [0, 0.05) is 12.3 Å². The predicted octanol–water partition coefficient (Wildman–Crippen LogP) is 3.72. The number of amides is 1. The van der Waals surface area contributed by atoms with Gasteiger partial charge >= 0.3 is 0 Å². The summed E-state index contributed by atoms with van der Waals surface area (Å²) in [6.07, 6.45) is -0.586. The van der Waals surface area contributed by atoms with Gasteiger partial charge in [-0.15, -0.1) is 0 Å². The summed E-state index contributed by atoms with van der Waals surface area (Å²) in [4.78, 5) is 18.8. The Morgan fingerprint density at radius 2 is 1.96 bits per heavy atom. The fourth-order valence-corrected chi connectivity index (χ4v) is 3.46. The highest BCUT2D eigenvalue weighted by Gasteiger charge is 2.29. The third-order valence-corrected chi connectivity index (χ3v) is 4.84. The van der Waals surface area contributed by atoms with E-state index in [0.29, 0.717) is 29.8 Å². The van der Waals surface area contributed by atoms with E-state index in [4.69, 9.17) is 4.74 Å². The molecule has 1 aliphatic heterocycles. The summed E-state index contributed by atoms with van der Waals surface area (Å²) >= 11 is 1.48. The van der Waals surface area contributed by atoms with Crippen LogP contribution in [-0.2, 0) is 10.5 Å². The lowest BCUT2D eigenvalue weighted by Gasteiger charge is -2.22. The molecule has 4 nitrogen and oxygen atoms in total. The van der Waals surface area contributed by atoms with E-state index >= 15 is 0 Å². The second kappa shape index (κ2) is 8.16. The number of nitrogens with zero attached hydrogens (tertiary/aromatic N) is 2. The number of halogens is 1. The largest absolute Gasteiger partial charge is 0.481 e. The van der Waals surface area contributed by atoms with Crippen molar-refractivity contribution in [1.82, 2.24) is 4.90 Å². The average Bonchev–Trinajstić information content (AvgIpc) is 3.10. The molecule has 3 rings (SSSR count). The van der Waals surface area contributed by atoms with Crippen LogP contribution in [0.1, 0.15) is 12.5 Å². The van der Waals surface area contributed by atoms with Gasteiger partial charge in [-0.3, -0.25) is 14.7 Å². The number of ether oxygens (including phenoxy) is 1. The Morgan fingerprint density at radius 1 is 1.24 bits per heavy atom. The average molecular weight is 358 g/mol. The third-order valence-electron chi connectivity index (χ3n) is 3.75. The molecule has 0 saturated heterocycles. The van der Waals surface area contributed by atoms with E-state index < -0.39 is 6.10 Å². The summed E-state index contributed by atoms with van der Waals surface area (Å²) in [7, 11) is 0. The minimum atomic E-state index is -0.586.